The third-order valence-electron chi connectivity index (χ3n) is 3.70. The van der Waals surface area contributed by atoms with E-state index in [4.69, 9.17) is 0 Å². The number of alkyl halides is 1. The summed E-state index contributed by atoms with van der Waals surface area (Å²) in [6.45, 7) is 2.23. The van der Waals surface area contributed by atoms with Crippen LogP contribution in [0.25, 0.3) is 0 Å². The molecule has 0 heterocycles. The summed E-state index contributed by atoms with van der Waals surface area (Å²) in [6.07, 6.45) is 9.34. The number of amides is 1. The molecule has 1 amide bonds. The number of carbonyl (C=O) groups excluding carboxylic acids is 1. The Morgan fingerprint density at radius 2 is 1.67 bits per heavy atom. The topological polar surface area (TPSA) is 29.1 Å². The van der Waals surface area contributed by atoms with Crippen molar-refractivity contribution in [1.82, 2.24) is 5.32 Å². The summed E-state index contributed by atoms with van der Waals surface area (Å²) in [7, 11) is 0. The van der Waals surface area contributed by atoms with E-state index in [1.165, 1.54) is 38.5 Å². The Hall–Kier alpha value is -0.830. The highest BCUT2D eigenvalue weighted by Crippen LogP contribution is 2.15. The Morgan fingerprint density at radius 1 is 1.05 bits per heavy atom. The lowest BCUT2D eigenvalue weighted by Crippen LogP contribution is -2.29. The van der Waals surface area contributed by atoms with Gasteiger partial charge in [0.2, 0.25) is 5.91 Å². The number of unbranched alkanes of at least 4 members (excludes halogenated alkanes) is 6. The van der Waals surface area contributed by atoms with Gasteiger partial charge in [-0.3, -0.25) is 4.79 Å². The monoisotopic (exact) mass is 353 g/mol. The van der Waals surface area contributed by atoms with Crippen molar-refractivity contribution in [3.63, 3.8) is 0 Å². The van der Waals surface area contributed by atoms with Crippen LogP contribution >= 0.6 is 15.9 Å². The summed E-state index contributed by atoms with van der Waals surface area (Å²) in [6, 6.07) is 10.2. The zero-order valence-corrected chi connectivity index (χ0v) is 14.7. The average Bonchev–Trinajstić information content (AvgIpc) is 2.52. The van der Waals surface area contributed by atoms with E-state index >= 15 is 0 Å². The first kappa shape index (κ1) is 18.2. The molecular weight excluding hydrogens is 326 g/mol. The van der Waals surface area contributed by atoms with Gasteiger partial charge < -0.3 is 5.32 Å². The van der Waals surface area contributed by atoms with Crippen molar-refractivity contribution in [2.45, 2.75) is 64.3 Å². The standard InChI is InChI=1S/C18H28BrNO/c1-2-3-4-5-6-7-11-14-18(21)20-17(15-19)16-12-9-8-10-13-16/h8-10,12-13,17H,2-7,11,14-15H2,1H3,(H,20,21). The number of carbonyl (C=O) groups is 1. The van der Waals surface area contributed by atoms with Crippen molar-refractivity contribution >= 4 is 21.8 Å². The van der Waals surface area contributed by atoms with E-state index in [0.29, 0.717) is 6.42 Å². The van der Waals surface area contributed by atoms with Crippen molar-refractivity contribution in [3.05, 3.63) is 35.9 Å². The van der Waals surface area contributed by atoms with Gasteiger partial charge in [0, 0.05) is 11.8 Å². The van der Waals surface area contributed by atoms with Gasteiger partial charge in [0.1, 0.15) is 0 Å². The van der Waals surface area contributed by atoms with Gasteiger partial charge in [-0.2, -0.15) is 0 Å². The first-order valence-corrected chi connectivity index (χ1v) is 9.30. The second-order valence-corrected chi connectivity index (χ2v) is 6.20. The summed E-state index contributed by atoms with van der Waals surface area (Å²) in [5.41, 5.74) is 1.15. The molecule has 118 valence electrons. The van der Waals surface area contributed by atoms with Crippen LogP contribution in [0.15, 0.2) is 30.3 Å². The smallest absolute Gasteiger partial charge is 0.220 e. The fourth-order valence-corrected chi connectivity index (χ4v) is 2.94. The quantitative estimate of drug-likeness (QED) is 0.420. The van der Waals surface area contributed by atoms with Crippen LogP contribution in [0, 0.1) is 0 Å². The van der Waals surface area contributed by atoms with Crippen molar-refractivity contribution in [2.75, 3.05) is 5.33 Å². The van der Waals surface area contributed by atoms with E-state index in [-0.39, 0.29) is 11.9 Å². The van der Waals surface area contributed by atoms with Gasteiger partial charge in [0.05, 0.1) is 6.04 Å². The molecule has 0 saturated heterocycles. The van der Waals surface area contributed by atoms with Crippen LogP contribution in [0.2, 0.25) is 0 Å². The highest BCUT2D eigenvalue weighted by molar-refractivity contribution is 9.09. The van der Waals surface area contributed by atoms with E-state index in [0.717, 1.165) is 17.3 Å². The van der Waals surface area contributed by atoms with Gasteiger partial charge in [0.15, 0.2) is 0 Å². The summed E-state index contributed by atoms with van der Waals surface area (Å²) in [5, 5.41) is 3.86. The van der Waals surface area contributed by atoms with E-state index in [9.17, 15) is 4.79 Å². The molecule has 1 aromatic carbocycles. The maximum atomic E-state index is 12.0. The Morgan fingerprint density at radius 3 is 2.29 bits per heavy atom. The van der Waals surface area contributed by atoms with Crippen LogP contribution in [-0.4, -0.2) is 11.2 Å². The van der Waals surface area contributed by atoms with Crippen LogP contribution in [0.4, 0.5) is 0 Å². The molecule has 1 rings (SSSR count). The van der Waals surface area contributed by atoms with Crippen molar-refractivity contribution in [2.24, 2.45) is 0 Å². The fourth-order valence-electron chi connectivity index (χ4n) is 2.41. The maximum Gasteiger partial charge on any atom is 0.220 e. The molecule has 3 heteroatoms. The molecule has 0 aliphatic rings. The summed E-state index contributed by atoms with van der Waals surface area (Å²) >= 11 is 3.48. The molecule has 0 aliphatic carbocycles. The Balaban J connectivity index is 2.17. The molecule has 0 bridgehead atoms. The Labute approximate surface area is 137 Å². The second-order valence-electron chi connectivity index (χ2n) is 5.56. The van der Waals surface area contributed by atoms with Crippen molar-refractivity contribution in [1.29, 1.82) is 0 Å². The van der Waals surface area contributed by atoms with Crippen molar-refractivity contribution < 1.29 is 4.79 Å². The number of hydrogen-bond acceptors (Lipinski definition) is 1. The predicted octanol–water partition coefficient (Wildman–Crippen LogP) is 5.38. The summed E-state index contributed by atoms with van der Waals surface area (Å²) in [5.74, 6) is 0.164. The number of hydrogen-bond donors (Lipinski definition) is 1. The molecule has 2 nitrogen and oxygen atoms in total. The molecule has 1 N–H and O–H groups in total. The third-order valence-corrected chi connectivity index (χ3v) is 4.35. The molecule has 0 saturated carbocycles. The van der Waals surface area contributed by atoms with E-state index in [1.807, 2.05) is 18.2 Å². The zero-order chi connectivity index (χ0) is 15.3. The predicted molar refractivity (Wildman–Crippen MR) is 93.7 cm³/mol. The van der Waals surface area contributed by atoms with E-state index in [1.54, 1.807) is 0 Å². The number of rotatable bonds is 11. The summed E-state index contributed by atoms with van der Waals surface area (Å²) in [4.78, 5) is 12.0. The minimum atomic E-state index is 0.0725. The molecule has 21 heavy (non-hydrogen) atoms. The number of halogens is 1. The molecule has 1 unspecified atom stereocenters. The SMILES string of the molecule is CCCCCCCCCC(=O)NC(CBr)c1ccccc1. The molecule has 0 aromatic heterocycles. The van der Waals surface area contributed by atoms with E-state index < -0.39 is 0 Å². The maximum absolute atomic E-state index is 12.0. The normalized spacial score (nSPS) is 12.1. The van der Waals surface area contributed by atoms with Crippen LogP contribution in [0.5, 0.6) is 0 Å². The Kier molecular flexibility index (Phi) is 10.2. The van der Waals surface area contributed by atoms with Gasteiger partial charge in [-0.15, -0.1) is 0 Å². The molecule has 0 aliphatic heterocycles. The van der Waals surface area contributed by atoms with E-state index in [2.05, 4.69) is 40.3 Å². The molecule has 0 spiro atoms. The molecule has 1 aromatic rings. The van der Waals surface area contributed by atoms with Crippen LogP contribution in [0.3, 0.4) is 0 Å². The minimum absolute atomic E-state index is 0.0725. The van der Waals surface area contributed by atoms with Gasteiger partial charge in [-0.25, -0.2) is 0 Å². The van der Waals surface area contributed by atoms with Crippen LogP contribution in [-0.2, 0) is 4.79 Å². The fraction of sp³-hybridized carbons (Fsp3) is 0.611. The average molecular weight is 354 g/mol. The third kappa shape index (κ3) is 8.25. The highest BCUT2D eigenvalue weighted by atomic mass is 79.9. The van der Waals surface area contributed by atoms with Crippen molar-refractivity contribution in [3.8, 4) is 0 Å². The molecule has 0 radical (unpaired) electrons. The van der Waals surface area contributed by atoms with Gasteiger partial charge >= 0.3 is 0 Å². The molecule has 0 fully saturated rings. The Bertz CT molecular complexity index is 380. The summed E-state index contributed by atoms with van der Waals surface area (Å²) < 4.78 is 0. The highest BCUT2D eigenvalue weighted by Gasteiger charge is 2.12. The molecule has 1 atom stereocenters. The largest absolute Gasteiger partial charge is 0.348 e. The first-order valence-electron chi connectivity index (χ1n) is 8.18. The number of benzene rings is 1. The minimum Gasteiger partial charge on any atom is -0.348 e. The lowest BCUT2D eigenvalue weighted by atomic mass is 10.1. The van der Waals surface area contributed by atoms with Gasteiger partial charge in [-0.05, 0) is 12.0 Å². The number of nitrogens with one attached hydrogen (secondary N) is 1. The van der Waals surface area contributed by atoms with Gasteiger partial charge in [0.25, 0.3) is 0 Å². The lowest BCUT2D eigenvalue weighted by molar-refractivity contribution is -0.121. The first-order chi connectivity index (χ1) is 10.3. The zero-order valence-electron chi connectivity index (χ0n) is 13.1. The van der Waals surface area contributed by atoms with Crippen LogP contribution in [0.1, 0.15) is 69.9 Å². The second kappa shape index (κ2) is 11.8. The van der Waals surface area contributed by atoms with Crippen LogP contribution < -0.4 is 5.32 Å². The molecular formula is C18H28BrNO. The van der Waals surface area contributed by atoms with Gasteiger partial charge in [-0.1, -0.05) is 91.7 Å². The lowest BCUT2D eigenvalue weighted by Gasteiger charge is -2.16.